The third kappa shape index (κ3) is 21.4. The summed E-state index contributed by atoms with van der Waals surface area (Å²) in [5.74, 6) is -0.404. The van der Waals surface area contributed by atoms with E-state index < -0.39 is 6.04 Å². The highest BCUT2D eigenvalue weighted by atomic mass is 16.2. The Kier molecular flexibility index (Phi) is 21.0. The molecule has 0 saturated heterocycles. The van der Waals surface area contributed by atoms with Crippen LogP contribution in [-0.4, -0.2) is 68.5 Å². The molecule has 0 aromatic heterocycles. The van der Waals surface area contributed by atoms with Crippen LogP contribution < -0.4 is 26.6 Å². The lowest BCUT2D eigenvalue weighted by Gasteiger charge is -2.19. The van der Waals surface area contributed by atoms with Gasteiger partial charge in [-0.05, 0) is 57.8 Å². The number of rotatable bonds is 23. The summed E-state index contributed by atoms with van der Waals surface area (Å²) in [7, 11) is 3.16. The van der Waals surface area contributed by atoms with Crippen molar-refractivity contribution in [3.8, 4) is 0 Å². The Balaban J connectivity index is 4.52. The van der Waals surface area contributed by atoms with Crippen LogP contribution in [0.15, 0.2) is 0 Å². The fourth-order valence-corrected chi connectivity index (χ4v) is 4.01. The Morgan fingerprint density at radius 1 is 0.537 bits per heavy atom. The highest BCUT2D eigenvalue weighted by molar-refractivity contribution is 5.87. The highest BCUT2D eigenvalue weighted by Crippen LogP contribution is 2.18. The van der Waals surface area contributed by atoms with Gasteiger partial charge in [0, 0.05) is 64.7 Å². The quantitative estimate of drug-likeness (QED) is 0.117. The highest BCUT2D eigenvalue weighted by Gasteiger charge is 2.21. The second kappa shape index (κ2) is 22.7. The van der Waals surface area contributed by atoms with Crippen LogP contribution in [0.1, 0.15) is 117 Å². The van der Waals surface area contributed by atoms with Crippen molar-refractivity contribution in [2.75, 3.05) is 27.2 Å². The summed E-state index contributed by atoms with van der Waals surface area (Å²) in [5, 5.41) is 13.7. The SMILES string of the molecule is CNC(=O)CCCCC(=O)NCCCC[C@H](NC(=O)CCCCC(=O)NC)C(=O)NCCCCCC(=O)C(C)(C)C. The first-order chi connectivity index (χ1) is 19.4. The monoisotopic (exact) mass is 581 g/mol. The number of nitrogens with one attached hydrogen (secondary N) is 5. The van der Waals surface area contributed by atoms with E-state index in [4.69, 9.17) is 0 Å². The molecule has 0 aromatic carbocycles. The lowest BCUT2D eigenvalue weighted by Crippen LogP contribution is -2.47. The van der Waals surface area contributed by atoms with E-state index in [0.717, 1.165) is 19.3 Å². The molecule has 0 aromatic rings. The summed E-state index contributed by atoms with van der Waals surface area (Å²) in [5.41, 5.74) is -0.335. The molecule has 0 rings (SSSR count). The molecule has 0 heterocycles. The van der Waals surface area contributed by atoms with E-state index in [1.165, 1.54) is 0 Å². The standard InChI is InChI=1S/C30H55N5O6/c1-30(2,3)24(36)16-7-6-13-22-34-29(41)23(35-28(40)20-11-9-18-26(38)32-5)15-12-14-21-33-27(39)19-10-8-17-25(37)31-4/h23H,6-22H2,1-5H3,(H,31,37)(H,32,38)(H,33,39)(H,34,41)(H,35,40)/t23-/m0/s1. The molecule has 0 fully saturated rings. The summed E-state index contributed by atoms with van der Waals surface area (Å²) in [6.45, 7) is 6.69. The van der Waals surface area contributed by atoms with Crippen molar-refractivity contribution in [1.29, 1.82) is 0 Å². The molecule has 0 unspecified atom stereocenters. The summed E-state index contributed by atoms with van der Waals surface area (Å²) in [6, 6.07) is -0.677. The van der Waals surface area contributed by atoms with Gasteiger partial charge in [0.25, 0.3) is 0 Å². The average Bonchev–Trinajstić information content (AvgIpc) is 2.93. The fraction of sp³-hybridized carbons (Fsp3) is 0.800. The van der Waals surface area contributed by atoms with Crippen molar-refractivity contribution < 1.29 is 28.8 Å². The van der Waals surface area contributed by atoms with E-state index in [1.807, 2.05) is 20.8 Å². The van der Waals surface area contributed by atoms with Gasteiger partial charge in [0.1, 0.15) is 11.8 Å². The van der Waals surface area contributed by atoms with Crippen molar-refractivity contribution in [2.45, 2.75) is 123 Å². The Hall–Kier alpha value is -2.98. The summed E-state index contributed by atoms with van der Waals surface area (Å²) >= 11 is 0. The molecule has 41 heavy (non-hydrogen) atoms. The van der Waals surface area contributed by atoms with E-state index in [0.29, 0.717) is 83.7 Å². The lowest BCUT2D eigenvalue weighted by atomic mass is 9.88. The second-order valence-electron chi connectivity index (χ2n) is 11.5. The Labute approximate surface area is 246 Å². The van der Waals surface area contributed by atoms with Crippen molar-refractivity contribution >= 4 is 35.3 Å². The maximum Gasteiger partial charge on any atom is 0.242 e. The largest absolute Gasteiger partial charge is 0.359 e. The minimum absolute atomic E-state index is 0.0347. The topological polar surface area (TPSA) is 163 Å². The summed E-state index contributed by atoms with van der Waals surface area (Å²) in [6.07, 6.45) is 8.44. The Morgan fingerprint density at radius 2 is 1.00 bits per heavy atom. The molecule has 0 bridgehead atoms. The second-order valence-corrected chi connectivity index (χ2v) is 11.5. The van der Waals surface area contributed by atoms with E-state index in [1.54, 1.807) is 14.1 Å². The van der Waals surface area contributed by atoms with Crippen molar-refractivity contribution in [3.05, 3.63) is 0 Å². The zero-order valence-electron chi connectivity index (χ0n) is 26.0. The van der Waals surface area contributed by atoms with Gasteiger partial charge in [-0.2, -0.15) is 0 Å². The molecule has 0 saturated carbocycles. The maximum absolute atomic E-state index is 12.9. The third-order valence-electron chi connectivity index (χ3n) is 6.78. The molecule has 11 heteroatoms. The molecule has 5 N–H and O–H groups in total. The smallest absolute Gasteiger partial charge is 0.242 e. The van der Waals surface area contributed by atoms with E-state index in [9.17, 15) is 28.8 Å². The number of hydrogen-bond acceptors (Lipinski definition) is 6. The molecule has 0 aliphatic heterocycles. The van der Waals surface area contributed by atoms with Gasteiger partial charge in [-0.25, -0.2) is 0 Å². The maximum atomic E-state index is 12.9. The van der Waals surface area contributed by atoms with Crippen LogP contribution >= 0.6 is 0 Å². The van der Waals surface area contributed by atoms with Crippen LogP contribution in [0.5, 0.6) is 0 Å². The van der Waals surface area contributed by atoms with E-state index in [2.05, 4.69) is 26.6 Å². The van der Waals surface area contributed by atoms with Gasteiger partial charge in [-0.3, -0.25) is 28.8 Å². The Morgan fingerprint density at radius 3 is 1.54 bits per heavy atom. The minimum Gasteiger partial charge on any atom is -0.359 e. The van der Waals surface area contributed by atoms with Gasteiger partial charge in [0.2, 0.25) is 29.5 Å². The first kappa shape index (κ1) is 38.0. The van der Waals surface area contributed by atoms with Crippen LogP contribution in [0, 0.1) is 5.41 Å². The Bertz CT molecular complexity index is 825. The van der Waals surface area contributed by atoms with Crippen LogP contribution in [-0.2, 0) is 28.8 Å². The average molecular weight is 582 g/mol. The van der Waals surface area contributed by atoms with Gasteiger partial charge >= 0.3 is 0 Å². The molecular weight excluding hydrogens is 526 g/mol. The molecule has 0 radical (unpaired) electrons. The third-order valence-corrected chi connectivity index (χ3v) is 6.78. The van der Waals surface area contributed by atoms with Crippen molar-refractivity contribution in [1.82, 2.24) is 26.6 Å². The molecule has 11 nitrogen and oxygen atoms in total. The van der Waals surface area contributed by atoms with Crippen molar-refractivity contribution in [3.63, 3.8) is 0 Å². The zero-order chi connectivity index (χ0) is 31.1. The summed E-state index contributed by atoms with van der Waals surface area (Å²) < 4.78 is 0. The molecule has 0 aliphatic carbocycles. The minimum atomic E-state index is -0.677. The number of ketones is 1. The van der Waals surface area contributed by atoms with Crippen molar-refractivity contribution in [2.24, 2.45) is 5.41 Å². The molecule has 1 atom stereocenters. The first-order valence-corrected chi connectivity index (χ1v) is 15.2. The molecule has 236 valence electrons. The predicted octanol–water partition coefficient (Wildman–Crippen LogP) is 2.66. The van der Waals surface area contributed by atoms with E-state index >= 15 is 0 Å². The number of carbonyl (C=O) groups is 6. The normalized spacial score (nSPS) is 11.7. The van der Waals surface area contributed by atoms with Gasteiger partial charge < -0.3 is 26.6 Å². The molecule has 0 spiro atoms. The van der Waals surface area contributed by atoms with Gasteiger partial charge in [0.05, 0.1) is 0 Å². The fourth-order valence-electron chi connectivity index (χ4n) is 4.01. The zero-order valence-corrected chi connectivity index (χ0v) is 26.0. The number of amides is 5. The predicted molar refractivity (Wildman–Crippen MR) is 160 cm³/mol. The van der Waals surface area contributed by atoms with Gasteiger partial charge in [0.15, 0.2) is 0 Å². The number of hydrogen-bond donors (Lipinski definition) is 5. The van der Waals surface area contributed by atoms with E-state index in [-0.39, 0.29) is 47.2 Å². The number of carbonyl (C=O) groups excluding carboxylic acids is 6. The first-order valence-electron chi connectivity index (χ1n) is 15.2. The number of Topliss-reactive ketones (excluding diaryl/α,β-unsaturated/α-hetero) is 1. The summed E-state index contributed by atoms with van der Waals surface area (Å²) in [4.78, 5) is 72.0. The van der Waals surface area contributed by atoms with Crippen LogP contribution in [0.2, 0.25) is 0 Å². The molecular formula is C30H55N5O6. The van der Waals surface area contributed by atoms with Gasteiger partial charge in [-0.1, -0.05) is 27.2 Å². The van der Waals surface area contributed by atoms with Gasteiger partial charge in [-0.15, -0.1) is 0 Å². The van der Waals surface area contributed by atoms with Crippen LogP contribution in [0.4, 0.5) is 0 Å². The lowest BCUT2D eigenvalue weighted by molar-refractivity contribution is -0.129. The van der Waals surface area contributed by atoms with Crippen LogP contribution in [0.3, 0.4) is 0 Å². The van der Waals surface area contributed by atoms with Crippen LogP contribution in [0.25, 0.3) is 0 Å². The molecule has 0 aliphatic rings. The number of unbranched alkanes of at least 4 members (excludes halogenated alkanes) is 5. The molecule has 5 amide bonds.